The van der Waals surface area contributed by atoms with Crippen molar-refractivity contribution in [1.29, 1.82) is 0 Å². The maximum atomic E-state index is 13.6. The number of morpholine rings is 1. The topological polar surface area (TPSA) is 60.5 Å². The van der Waals surface area contributed by atoms with Gasteiger partial charge in [-0.2, -0.15) is 0 Å². The van der Waals surface area contributed by atoms with Crippen LogP contribution < -0.4 is 14.2 Å². The SMILES string of the molecule is COc1cc(CN2CCOC(C(=O)N(Cc3ccc4c(c3)OCCCO4)CC(C)C)C2)ccc1C. The van der Waals surface area contributed by atoms with Crippen molar-refractivity contribution in [2.45, 2.75) is 46.4 Å². The minimum atomic E-state index is -0.477. The Labute approximate surface area is 208 Å². The average Bonchev–Trinajstić information content (AvgIpc) is 3.09. The first-order chi connectivity index (χ1) is 16.9. The summed E-state index contributed by atoms with van der Waals surface area (Å²) >= 11 is 0. The van der Waals surface area contributed by atoms with E-state index in [0.29, 0.717) is 45.4 Å². The highest BCUT2D eigenvalue weighted by Crippen LogP contribution is 2.31. The van der Waals surface area contributed by atoms with E-state index in [1.807, 2.05) is 30.0 Å². The summed E-state index contributed by atoms with van der Waals surface area (Å²) in [5, 5.41) is 0. The van der Waals surface area contributed by atoms with Gasteiger partial charge < -0.3 is 23.8 Å². The molecule has 7 nitrogen and oxygen atoms in total. The minimum Gasteiger partial charge on any atom is -0.496 e. The van der Waals surface area contributed by atoms with Crippen LogP contribution in [0.5, 0.6) is 17.2 Å². The molecule has 0 spiro atoms. The highest BCUT2D eigenvalue weighted by atomic mass is 16.5. The molecular formula is C28H38N2O5. The number of amides is 1. The van der Waals surface area contributed by atoms with Gasteiger partial charge in [-0.15, -0.1) is 0 Å². The predicted molar refractivity (Wildman–Crippen MR) is 135 cm³/mol. The van der Waals surface area contributed by atoms with E-state index in [-0.39, 0.29) is 5.91 Å². The fourth-order valence-corrected chi connectivity index (χ4v) is 4.62. The Morgan fingerprint density at radius 1 is 1.09 bits per heavy atom. The minimum absolute atomic E-state index is 0.0389. The van der Waals surface area contributed by atoms with Crippen molar-refractivity contribution < 1.29 is 23.7 Å². The van der Waals surface area contributed by atoms with Crippen LogP contribution in [0, 0.1) is 12.8 Å². The molecule has 2 aliphatic heterocycles. The summed E-state index contributed by atoms with van der Waals surface area (Å²) in [5.41, 5.74) is 3.32. The van der Waals surface area contributed by atoms with E-state index in [9.17, 15) is 4.79 Å². The summed E-state index contributed by atoms with van der Waals surface area (Å²) < 4.78 is 23.1. The van der Waals surface area contributed by atoms with Gasteiger partial charge in [-0.25, -0.2) is 0 Å². The van der Waals surface area contributed by atoms with Crippen molar-refractivity contribution >= 4 is 5.91 Å². The molecule has 1 saturated heterocycles. The molecule has 0 radical (unpaired) electrons. The van der Waals surface area contributed by atoms with E-state index in [2.05, 4.69) is 36.9 Å². The zero-order valence-electron chi connectivity index (χ0n) is 21.4. The van der Waals surface area contributed by atoms with Crippen molar-refractivity contribution in [2.75, 3.05) is 46.6 Å². The van der Waals surface area contributed by atoms with E-state index >= 15 is 0 Å². The van der Waals surface area contributed by atoms with Crippen LogP contribution in [0.25, 0.3) is 0 Å². The Hall–Kier alpha value is -2.77. The largest absolute Gasteiger partial charge is 0.496 e. The lowest BCUT2D eigenvalue weighted by Gasteiger charge is -2.35. The van der Waals surface area contributed by atoms with Gasteiger partial charge in [-0.05, 0) is 47.7 Å². The van der Waals surface area contributed by atoms with Crippen molar-refractivity contribution in [3.05, 3.63) is 53.1 Å². The van der Waals surface area contributed by atoms with Crippen LogP contribution in [0.1, 0.15) is 37.0 Å². The highest BCUT2D eigenvalue weighted by Gasteiger charge is 2.31. The van der Waals surface area contributed by atoms with Gasteiger partial charge in [0.2, 0.25) is 0 Å². The van der Waals surface area contributed by atoms with Crippen molar-refractivity contribution in [3.63, 3.8) is 0 Å². The van der Waals surface area contributed by atoms with Crippen molar-refractivity contribution in [1.82, 2.24) is 9.80 Å². The van der Waals surface area contributed by atoms with Crippen LogP contribution in [-0.4, -0.2) is 68.4 Å². The van der Waals surface area contributed by atoms with Crippen LogP contribution in [0.2, 0.25) is 0 Å². The Bertz CT molecular complexity index is 1010. The molecule has 0 aromatic heterocycles. The number of aryl methyl sites for hydroxylation is 1. The standard InChI is InChI=1S/C28H38N2O5/c1-20(2)16-30(18-23-8-9-24-26(15-23)34-12-5-11-33-24)28(31)27-19-29(10-13-35-27)17-22-7-6-21(3)25(14-22)32-4/h6-9,14-15,20,27H,5,10-13,16-19H2,1-4H3. The van der Waals surface area contributed by atoms with Gasteiger partial charge in [0.15, 0.2) is 11.5 Å². The summed E-state index contributed by atoms with van der Waals surface area (Å²) in [6, 6.07) is 12.3. The number of nitrogens with zero attached hydrogens (tertiary/aromatic N) is 2. The average molecular weight is 483 g/mol. The Morgan fingerprint density at radius 2 is 1.86 bits per heavy atom. The van der Waals surface area contributed by atoms with Gasteiger partial charge in [0, 0.05) is 39.1 Å². The molecule has 35 heavy (non-hydrogen) atoms. The lowest BCUT2D eigenvalue weighted by molar-refractivity contribution is -0.151. The molecule has 2 aromatic rings. The van der Waals surface area contributed by atoms with Crippen molar-refractivity contribution in [3.8, 4) is 17.2 Å². The van der Waals surface area contributed by atoms with Crippen LogP contribution in [0.15, 0.2) is 36.4 Å². The number of hydrogen-bond donors (Lipinski definition) is 0. The van der Waals surface area contributed by atoms with Crippen LogP contribution >= 0.6 is 0 Å². The van der Waals surface area contributed by atoms with Crippen LogP contribution in [-0.2, 0) is 22.6 Å². The second kappa shape index (κ2) is 11.8. The maximum Gasteiger partial charge on any atom is 0.253 e. The summed E-state index contributed by atoms with van der Waals surface area (Å²) in [5.74, 6) is 2.80. The molecule has 0 saturated carbocycles. The fourth-order valence-electron chi connectivity index (χ4n) is 4.62. The number of benzene rings is 2. The third-order valence-corrected chi connectivity index (χ3v) is 6.39. The molecule has 1 amide bonds. The monoisotopic (exact) mass is 482 g/mol. The first kappa shape index (κ1) is 25.3. The van der Waals surface area contributed by atoms with Gasteiger partial charge >= 0.3 is 0 Å². The molecule has 1 atom stereocenters. The summed E-state index contributed by atoms with van der Waals surface area (Å²) in [6.45, 7) is 11.5. The second-order valence-electron chi connectivity index (χ2n) is 9.84. The summed E-state index contributed by atoms with van der Waals surface area (Å²) in [7, 11) is 1.70. The quantitative estimate of drug-likeness (QED) is 0.566. The number of carbonyl (C=O) groups is 1. The van der Waals surface area contributed by atoms with Gasteiger partial charge in [0.05, 0.1) is 26.9 Å². The second-order valence-corrected chi connectivity index (χ2v) is 9.84. The number of ether oxygens (including phenoxy) is 4. The van der Waals surface area contributed by atoms with E-state index in [0.717, 1.165) is 47.9 Å². The van der Waals surface area contributed by atoms with Gasteiger partial charge in [0.1, 0.15) is 11.9 Å². The van der Waals surface area contributed by atoms with E-state index in [4.69, 9.17) is 18.9 Å². The number of methoxy groups -OCH3 is 1. The zero-order valence-corrected chi connectivity index (χ0v) is 21.4. The molecular weight excluding hydrogens is 444 g/mol. The van der Waals surface area contributed by atoms with Gasteiger partial charge in [0.25, 0.3) is 5.91 Å². The molecule has 0 aliphatic carbocycles. The Balaban J connectivity index is 1.44. The van der Waals surface area contributed by atoms with E-state index in [1.54, 1.807) is 7.11 Å². The molecule has 4 rings (SSSR count). The number of hydrogen-bond acceptors (Lipinski definition) is 6. The molecule has 1 unspecified atom stereocenters. The number of carbonyl (C=O) groups excluding carboxylic acids is 1. The first-order valence-corrected chi connectivity index (χ1v) is 12.6. The normalized spacial score (nSPS) is 18.3. The highest BCUT2D eigenvalue weighted by molar-refractivity contribution is 5.81. The molecule has 7 heteroatoms. The predicted octanol–water partition coefficient (Wildman–Crippen LogP) is 4.05. The number of fused-ring (bicyclic) bond motifs is 1. The zero-order chi connectivity index (χ0) is 24.8. The maximum absolute atomic E-state index is 13.6. The number of rotatable bonds is 8. The van der Waals surface area contributed by atoms with Crippen LogP contribution in [0.4, 0.5) is 0 Å². The summed E-state index contributed by atoms with van der Waals surface area (Å²) in [6.07, 6.45) is 0.391. The molecule has 0 bridgehead atoms. The molecule has 0 N–H and O–H groups in total. The third kappa shape index (κ3) is 6.67. The molecule has 2 heterocycles. The first-order valence-electron chi connectivity index (χ1n) is 12.6. The third-order valence-electron chi connectivity index (χ3n) is 6.39. The van der Waals surface area contributed by atoms with E-state index in [1.165, 1.54) is 5.56 Å². The van der Waals surface area contributed by atoms with Gasteiger partial charge in [-0.3, -0.25) is 9.69 Å². The lowest BCUT2D eigenvalue weighted by atomic mass is 10.1. The smallest absolute Gasteiger partial charge is 0.253 e. The fraction of sp³-hybridized carbons (Fsp3) is 0.536. The van der Waals surface area contributed by atoms with Crippen molar-refractivity contribution in [2.24, 2.45) is 5.92 Å². The van der Waals surface area contributed by atoms with E-state index < -0.39 is 6.10 Å². The van der Waals surface area contributed by atoms with Crippen LogP contribution in [0.3, 0.4) is 0 Å². The van der Waals surface area contributed by atoms with Gasteiger partial charge in [-0.1, -0.05) is 32.0 Å². The lowest BCUT2D eigenvalue weighted by Crippen LogP contribution is -2.51. The molecule has 2 aliphatic rings. The molecule has 1 fully saturated rings. The summed E-state index contributed by atoms with van der Waals surface area (Å²) in [4.78, 5) is 17.8. The Kier molecular flexibility index (Phi) is 8.52. The molecule has 190 valence electrons. The molecule has 2 aromatic carbocycles. The Morgan fingerprint density at radius 3 is 2.63 bits per heavy atom.